The van der Waals surface area contributed by atoms with Crippen LogP contribution in [0.3, 0.4) is 0 Å². The predicted octanol–water partition coefficient (Wildman–Crippen LogP) is 3.20. The molecule has 2 aliphatic rings. The van der Waals surface area contributed by atoms with Crippen LogP contribution in [0.1, 0.15) is 46.0 Å². The molecule has 1 aliphatic carbocycles. The molecule has 5 heteroatoms. The highest BCUT2D eigenvalue weighted by Crippen LogP contribution is 2.40. The molecule has 2 heterocycles. The van der Waals surface area contributed by atoms with Crippen LogP contribution >= 0.6 is 0 Å². The monoisotopic (exact) mass is 320 g/mol. The van der Waals surface area contributed by atoms with Crippen molar-refractivity contribution in [2.75, 3.05) is 13.1 Å². The predicted molar refractivity (Wildman–Crippen MR) is 89.6 cm³/mol. The third-order valence-electron chi connectivity index (χ3n) is 4.87. The molecular weight excluding hydrogens is 292 g/mol. The fraction of sp³-hybridized carbons (Fsp3) is 0.667. The average molecular weight is 320 g/mol. The van der Waals surface area contributed by atoms with Gasteiger partial charge in [0, 0.05) is 25.3 Å². The van der Waals surface area contributed by atoms with Crippen molar-refractivity contribution in [2.45, 2.75) is 58.1 Å². The number of likely N-dealkylation sites (tertiary alicyclic amines) is 1. The maximum absolute atomic E-state index is 8.36. The number of carboxylic acid groups (broad SMARTS) is 1. The lowest BCUT2D eigenvalue weighted by molar-refractivity contribution is -0.122. The zero-order chi connectivity index (χ0) is 16.7. The van der Waals surface area contributed by atoms with Gasteiger partial charge in [-0.3, -0.25) is 9.78 Å². The van der Waals surface area contributed by atoms with Gasteiger partial charge in [-0.15, -0.1) is 0 Å². The summed E-state index contributed by atoms with van der Waals surface area (Å²) < 4.78 is 6.02. The topological polar surface area (TPSA) is 62.7 Å². The third-order valence-corrected chi connectivity index (χ3v) is 4.87. The summed E-state index contributed by atoms with van der Waals surface area (Å²) in [5, 5.41) is 6.89. The van der Waals surface area contributed by atoms with E-state index in [0.717, 1.165) is 24.6 Å². The second-order valence-electron chi connectivity index (χ2n) is 7.21. The van der Waals surface area contributed by atoms with Crippen LogP contribution in [0.15, 0.2) is 24.5 Å². The van der Waals surface area contributed by atoms with E-state index in [0.29, 0.717) is 11.5 Å². The minimum atomic E-state index is -0.250. The number of carbonyl (C=O) groups is 1. The Labute approximate surface area is 138 Å². The summed E-state index contributed by atoms with van der Waals surface area (Å²) in [5.41, 5.74) is 0.549. The van der Waals surface area contributed by atoms with Crippen molar-refractivity contribution in [3.8, 4) is 5.75 Å². The number of rotatable bonds is 3. The van der Waals surface area contributed by atoms with Crippen LogP contribution in [0.5, 0.6) is 5.75 Å². The number of pyridine rings is 1. The lowest BCUT2D eigenvalue weighted by atomic mass is 9.91. The fourth-order valence-electron chi connectivity index (χ4n) is 3.68. The van der Waals surface area contributed by atoms with Gasteiger partial charge in [0.2, 0.25) is 0 Å². The largest absolute Gasteiger partial charge is 0.489 e. The third kappa shape index (κ3) is 5.50. The molecule has 0 spiro atoms. The maximum atomic E-state index is 8.36. The SMILES string of the molecule is CC1(C)CCC(N2CCC(Oc3cccnc3)CC2)C1.O=CO. The number of ether oxygens (including phenoxy) is 1. The van der Waals surface area contributed by atoms with Crippen LogP contribution in [0.4, 0.5) is 0 Å². The van der Waals surface area contributed by atoms with Crippen molar-refractivity contribution in [1.82, 2.24) is 9.88 Å². The highest BCUT2D eigenvalue weighted by Gasteiger charge is 2.35. The molecular formula is C18H28N2O3. The molecule has 1 aromatic heterocycles. The molecule has 2 fully saturated rings. The molecule has 0 amide bonds. The van der Waals surface area contributed by atoms with Gasteiger partial charge >= 0.3 is 0 Å². The minimum Gasteiger partial charge on any atom is -0.489 e. The van der Waals surface area contributed by atoms with Gasteiger partial charge in [-0.2, -0.15) is 0 Å². The number of piperidine rings is 1. The first-order valence-corrected chi connectivity index (χ1v) is 8.42. The second-order valence-corrected chi connectivity index (χ2v) is 7.21. The first kappa shape index (κ1) is 17.7. The minimum absolute atomic E-state index is 0.250. The smallest absolute Gasteiger partial charge is 0.290 e. The maximum Gasteiger partial charge on any atom is 0.290 e. The first-order chi connectivity index (χ1) is 11.0. The zero-order valence-electron chi connectivity index (χ0n) is 14.1. The van der Waals surface area contributed by atoms with Crippen molar-refractivity contribution < 1.29 is 14.6 Å². The standard InChI is InChI=1S/C17H26N2O.CH2O2/c1-17(2)8-5-14(12-17)19-10-6-15(7-11-19)20-16-4-3-9-18-13-16;2-1-3/h3-4,9,13-15H,5-8,10-12H2,1-2H3;1H,(H,2,3). The molecule has 1 saturated carbocycles. The van der Waals surface area contributed by atoms with Gasteiger partial charge in [0.25, 0.3) is 6.47 Å². The van der Waals surface area contributed by atoms with Crippen LogP contribution in [-0.2, 0) is 4.79 Å². The highest BCUT2D eigenvalue weighted by molar-refractivity contribution is 5.32. The first-order valence-electron chi connectivity index (χ1n) is 8.42. The van der Waals surface area contributed by atoms with Crippen LogP contribution in [0.25, 0.3) is 0 Å². The van der Waals surface area contributed by atoms with E-state index < -0.39 is 0 Å². The Kier molecular flexibility index (Phi) is 6.39. The molecule has 128 valence electrons. The zero-order valence-corrected chi connectivity index (χ0v) is 14.1. The summed E-state index contributed by atoms with van der Waals surface area (Å²) in [4.78, 5) is 15.2. The summed E-state index contributed by atoms with van der Waals surface area (Å²) in [5.74, 6) is 0.910. The Bertz CT molecular complexity index is 470. The summed E-state index contributed by atoms with van der Waals surface area (Å²) >= 11 is 0. The molecule has 0 aromatic carbocycles. The van der Waals surface area contributed by atoms with Gasteiger partial charge in [0.05, 0.1) is 6.20 Å². The molecule has 1 N–H and O–H groups in total. The summed E-state index contributed by atoms with van der Waals surface area (Å²) in [6.45, 7) is 6.94. The van der Waals surface area contributed by atoms with E-state index in [-0.39, 0.29) is 6.47 Å². The van der Waals surface area contributed by atoms with Crippen LogP contribution in [-0.4, -0.2) is 46.7 Å². The summed E-state index contributed by atoms with van der Waals surface area (Å²) in [7, 11) is 0. The molecule has 5 nitrogen and oxygen atoms in total. The van der Waals surface area contributed by atoms with Gasteiger partial charge in [-0.05, 0) is 49.7 Å². The molecule has 1 aromatic rings. The van der Waals surface area contributed by atoms with E-state index in [1.807, 2.05) is 18.3 Å². The van der Waals surface area contributed by atoms with Crippen LogP contribution in [0.2, 0.25) is 0 Å². The molecule has 1 unspecified atom stereocenters. The Hall–Kier alpha value is -1.62. The molecule has 3 rings (SSSR count). The van der Waals surface area contributed by atoms with Gasteiger partial charge in [0.1, 0.15) is 11.9 Å². The van der Waals surface area contributed by atoms with Crippen molar-refractivity contribution in [3.05, 3.63) is 24.5 Å². The molecule has 1 saturated heterocycles. The number of hydrogen-bond donors (Lipinski definition) is 1. The second kappa shape index (κ2) is 8.29. The van der Waals surface area contributed by atoms with E-state index in [2.05, 4.69) is 23.7 Å². The number of nitrogens with zero attached hydrogens (tertiary/aromatic N) is 2. The summed E-state index contributed by atoms with van der Waals surface area (Å²) in [6, 6.07) is 4.74. The van der Waals surface area contributed by atoms with E-state index >= 15 is 0 Å². The molecule has 0 bridgehead atoms. The van der Waals surface area contributed by atoms with Crippen molar-refractivity contribution in [1.29, 1.82) is 0 Å². The quantitative estimate of drug-likeness (QED) is 0.867. The van der Waals surface area contributed by atoms with E-state index in [4.69, 9.17) is 14.6 Å². The van der Waals surface area contributed by atoms with Gasteiger partial charge < -0.3 is 14.7 Å². The van der Waals surface area contributed by atoms with E-state index in [1.54, 1.807) is 6.20 Å². The molecule has 1 aliphatic heterocycles. The summed E-state index contributed by atoms with van der Waals surface area (Å²) in [6.07, 6.45) is 10.4. The normalized spacial score (nSPS) is 24.5. The van der Waals surface area contributed by atoms with Crippen LogP contribution < -0.4 is 4.74 Å². The van der Waals surface area contributed by atoms with Crippen molar-refractivity contribution in [3.63, 3.8) is 0 Å². The Balaban J connectivity index is 0.000000595. The van der Waals surface area contributed by atoms with Gasteiger partial charge in [-0.25, -0.2) is 0 Å². The van der Waals surface area contributed by atoms with Crippen molar-refractivity contribution in [2.24, 2.45) is 5.41 Å². The average Bonchev–Trinajstić information content (AvgIpc) is 2.90. The van der Waals surface area contributed by atoms with Crippen molar-refractivity contribution >= 4 is 6.47 Å². The lowest BCUT2D eigenvalue weighted by Gasteiger charge is -2.36. The number of hydrogen-bond acceptors (Lipinski definition) is 4. The highest BCUT2D eigenvalue weighted by atomic mass is 16.5. The molecule has 0 radical (unpaired) electrons. The Morgan fingerprint density at radius 1 is 1.35 bits per heavy atom. The Morgan fingerprint density at radius 3 is 2.57 bits per heavy atom. The van der Waals surface area contributed by atoms with Gasteiger partial charge in [0.15, 0.2) is 0 Å². The van der Waals surface area contributed by atoms with Gasteiger partial charge in [-0.1, -0.05) is 13.8 Å². The Morgan fingerprint density at radius 2 is 2.04 bits per heavy atom. The molecule has 1 atom stereocenters. The van der Waals surface area contributed by atoms with E-state index in [1.165, 1.54) is 32.4 Å². The fourth-order valence-corrected chi connectivity index (χ4v) is 3.68. The number of aromatic nitrogens is 1. The van der Waals surface area contributed by atoms with E-state index in [9.17, 15) is 0 Å². The molecule has 23 heavy (non-hydrogen) atoms. The van der Waals surface area contributed by atoms with Crippen LogP contribution in [0, 0.1) is 5.41 Å². The lowest BCUT2D eigenvalue weighted by Crippen LogP contribution is -2.43.